The second kappa shape index (κ2) is 10.5. The van der Waals surface area contributed by atoms with Crippen molar-refractivity contribution in [2.45, 2.75) is 32.0 Å². The normalized spacial score (nSPS) is 21.9. The van der Waals surface area contributed by atoms with E-state index in [1.807, 2.05) is 6.07 Å². The number of hydrogen-bond acceptors (Lipinski definition) is 5. The molecule has 11 heteroatoms. The second-order valence-electron chi connectivity index (χ2n) is 9.20. The molecule has 3 aliphatic heterocycles. The monoisotopic (exact) mass is 513 g/mol. The van der Waals surface area contributed by atoms with E-state index in [2.05, 4.69) is 5.32 Å². The number of carboxylic acids is 1. The minimum atomic E-state index is -1.17. The average Bonchev–Trinajstić information content (AvgIpc) is 3.20. The molecular weight excluding hydrogens is 487 g/mol. The Morgan fingerprint density at radius 3 is 2.57 bits per heavy atom. The van der Waals surface area contributed by atoms with Crippen molar-refractivity contribution < 1.29 is 34.0 Å². The summed E-state index contributed by atoms with van der Waals surface area (Å²) in [5, 5.41) is 22.0. The van der Waals surface area contributed by atoms with Crippen LogP contribution in [0.2, 0.25) is 0 Å². The van der Waals surface area contributed by atoms with Gasteiger partial charge in [-0.15, -0.1) is 0 Å². The molecule has 3 atom stereocenters. The van der Waals surface area contributed by atoms with Gasteiger partial charge in [0.05, 0.1) is 6.04 Å². The molecule has 186 valence electrons. The standard InChI is InChI=1S/C26H24N4O6.Na.H/c1-15(31)29-13-18-11-17(23(26(35)36)30-22(18)24(29)25(30)34)5-4-16-3-2-10-28(12-16)14-21(33)27-19-6-8-20(32)9-7-19;;/h2-10,12,18,22,24H,11,13-14H2,1H3,(H2-,27,32,33,35,36);;/p+1/b5-4+;;/t18-,22-,24+;;/m1../s1. The molecule has 2 aromatic rings. The molecule has 0 radical (unpaired) electrons. The van der Waals surface area contributed by atoms with E-state index >= 15 is 0 Å². The van der Waals surface area contributed by atoms with Crippen molar-refractivity contribution in [2.24, 2.45) is 5.92 Å². The van der Waals surface area contributed by atoms with Gasteiger partial charge in [0.15, 0.2) is 12.4 Å². The fraction of sp³-hybridized carbons (Fsp3) is 0.269. The first-order chi connectivity index (χ1) is 17.2. The van der Waals surface area contributed by atoms with Crippen LogP contribution in [0, 0.1) is 5.92 Å². The SMILES string of the molecule is CC(=O)N1C[C@H]2CC(/C=C/c3ccc[n+](CC(=O)Nc4ccc(O)cc4)c3)=C(C(=O)O)N3C(=O)[C@@H]1[C@@H]23.[NaH]. The summed E-state index contributed by atoms with van der Waals surface area (Å²) in [6, 6.07) is 8.94. The van der Waals surface area contributed by atoms with Gasteiger partial charge >= 0.3 is 35.5 Å². The van der Waals surface area contributed by atoms with E-state index in [1.54, 1.807) is 52.2 Å². The first-order valence-corrected chi connectivity index (χ1v) is 11.6. The summed E-state index contributed by atoms with van der Waals surface area (Å²) in [7, 11) is 0. The van der Waals surface area contributed by atoms with Crippen molar-refractivity contribution in [1.82, 2.24) is 9.80 Å². The Bertz CT molecular complexity index is 1340. The van der Waals surface area contributed by atoms with E-state index in [1.165, 1.54) is 24.0 Å². The molecule has 3 N–H and O–H groups in total. The van der Waals surface area contributed by atoms with Gasteiger partial charge in [-0.05, 0) is 48.4 Å². The Kier molecular flexibility index (Phi) is 7.54. The summed E-state index contributed by atoms with van der Waals surface area (Å²) in [6.07, 6.45) is 7.42. The molecular formula is C26H26N4NaO6+. The Morgan fingerprint density at radius 2 is 1.89 bits per heavy atom. The van der Waals surface area contributed by atoms with Gasteiger partial charge in [0, 0.05) is 36.7 Å². The number of carbonyl (C=O) groups excluding carboxylic acids is 3. The fourth-order valence-corrected chi connectivity index (χ4v) is 5.29. The van der Waals surface area contributed by atoms with E-state index < -0.39 is 12.0 Å². The van der Waals surface area contributed by atoms with Gasteiger partial charge < -0.3 is 20.4 Å². The van der Waals surface area contributed by atoms with Crippen LogP contribution in [0.1, 0.15) is 18.9 Å². The van der Waals surface area contributed by atoms with Crippen LogP contribution < -0.4 is 9.88 Å². The minimum absolute atomic E-state index is 0. The first kappa shape index (κ1) is 26.6. The zero-order chi connectivity index (χ0) is 25.6. The number of allylic oxidation sites excluding steroid dienone is 2. The summed E-state index contributed by atoms with van der Waals surface area (Å²) in [5.74, 6) is -1.85. The van der Waals surface area contributed by atoms with Crippen molar-refractivity contribution in [3.63, 3.8) is 0 Å². The van der Waals surface area contributed by atoms with Crippen LogP contribution in [0.15, 0.2) is 66.1 Å². The Balaban J connectivity index is 0.00000320. The molecule has 0 aliphatic carbocycles. The quantitative estimate of drug-likeness (QED) is 0.223. The van der Waals surface area contributed by atoms with E-state index in [4.69, 9.17) is 0 Å². The summed E-state index contributed by atoms with van der Waals surface area (Å²) in [5.41, 5.74) is 1.81. The molecule has 3 amide bonds. The zero-order valence-corrected chi connectivity index (χ0v) is 19.5. The molecule has 5 rings (SSSR count). The van der Waals surface area contributed by atoms with Gasteiger partial charge in [-0.25, -0.2) is 4.79 Å². The molecule has 4 heterocycles. The molecule has 2 fully saturated rings. The number of rotatable bonds is 6. The number of aromatic hydroxyl groups is 1. The number of amides is 3. The topological polar surface area (TPSA) is 131 Å². The summed E-state index contributed by atoms with van der Waals surface area (Å²) in [6.45, 7) is 1.91. The molecule has 37 heavy (non-hydrogen) atoms. The molecule has 10 nitrogen and oxygen atoms in total. The zero-order valence-electron chi connectivity index (χ0n) is 19.5. The van der Waals surface area contributed by atoms with Crippen molar-refractivity contribution in [2.75, 3.05) is 11.9 Å². The van der Waals surface area contributed by atoms with Gasteiger partial charge in [-0.2, -0.15) is 4.57 Å². The van der Waals surface area contributed by atoms with Gasteiger partial charge in [-0.1, -0.05) is 6.08 Å². The number of phenols is 1. The Labute approximate surface area is 235 Å². The Hall–Kier alpha value is -3.47. The number of benzene rings is 1. The van der Waals surface area contributed by atoms with Crippen molar-refractivity contribution >= 4 is 65.0 Å². The molecule has 1 aromatic heterocycles. The number of β-lactam (4-membered cyclic amide) rings is 1. The van der Waals surface area contributed by atoms with Crippen LogP contribution in [0.5, 0.6) is 5.75 Å². The van der Waals surface area contributed by atoms with Gasteiger partial charge in [0.1, 0.15) is 17.5 Å². The van der Waals surface area contributed by atoms with Crippen LogP contribution in [0.3, 0.4) is 0 Å². The second-order valence-corrected chi connectivity index (χ2v) is 9.20. The number of nitrogens with zero attached hydrogens (tertiary/aromatic N) is 3. The molecule has 0 unspecified atom stereocenters. The maximum absolute atomic E-state index is 12.8. The number of phenolic OH excluding ortho intramolecular Hbond substituents is 1. The van der Waals surface area contributed by atoms with E-state index in [-0.39, 0.29) is 77.2 Å². The van der Waals surface area contributed by atoms with Crippen molar-refractivity contribution in [3.05, 3.63) is 71.7 Å². The van der Waals surface area contributed by atoms with Gasteiger partial charge in [0.25, 0.3) is 11.8 Å². The third-order valence-corrected chi connectivity index (χ3v) is 6.83. The predicted molar refractivity (Wildman–Crippen MR) is 134 cm³/mol. The van der Waals surface area contributed by atoms with Crippen molar-refractivity contribution in [1.29, 1.82) is 0 Å². The molecule has 0 saturated carbocycles. The van der Waals surface area contributed by atoms with Gasteiger partial charge in [0.2, 0.25) is 12.5 Å². The van der Waals surface area contributed by atoms with Crippen LogP contribution in [0.4, 0.5) is 5.69 Å². The molecule has 3 aliphatic rings. The van der Waals surface area contributed by atoms with Crippen molar-refractivity contribution in [3.8, 4) is 5.75 Å². The summed E-state index contributed by atoms with van der Waals surface area (Å²) >= 11 is 0. The average molecular weight is 514 g/mol. The number of carboxylic acid groups (broad SMARTS) is 1. The number of anilines is 1. The molecule has 2 saturated heterocycles. The first-order valence-electron chi connectivity index (χ1n) is 11.6. The van der Waals surface area contributed by atoms with Crippen LogP contribution >= 0.6 is 0 Å². The van der Waals surface area contributed by atoms with E-state index in [0.717, 1.165) is 5.56 Å². The molecule has 0 bridgehead atoms. The number of hydrogen-bond donors (Lipinski definition) is 3. The van der Waals surface area contributed by atoms with Crippen LogP contribution in [0.25, 0.3) is 6.08 Å². The van der Waals surface area contributed by atoms with Crippen LogP contribution in [-0.2, 0) is 25.7 Å². The summed E-state index contributed by atoms with van der Waals surface area (Å²) in [4.78, 5) is 52.1. The van der Waals surface area contributed by atoms with Gasteiger partial charge in [-0.3, -0.25) is 19.3 Å². The third-order valence-electron chi connectivity index (χ3n) is 6.83. The Morgan fingerprint density at radius 1 is 1.16 bits per heavy atom. The fourth-order valence-electron chi connectivity index (χ4n) is 5.29. The molecule has 0 spiro atoms. The summed E-state index contributed by atoms with van der Waals surface area (Å²) < 4.78 is 1.70. The number of pyridine rings is 1. The number of aliphatic carboxylic acids is 1. The predicted octanol–water partition coefficient (Wildman–Crippen LogP) is 0.483. The number of carbonyl (C=O) groups is 4. The van der Waals surface area contributed by atoms with E-state index in [9.17, 15) is 29.4 Å². The maximum atomic E-state index is 12.8. The number of aromatic nitrogens is 1. The molecule has 1 aromatic carbocycles. The number of nitrogens with one attached hydrogen (secondary N) is 1. The number of likely N-dealkylation sites (tertiary alicyclic amines) is 1. The third kappa shape index (κ3) is 5.04. The van der Waals surface area contributed by atoms with E-state index in [0.29, 0.717) is 24.2 Å². The van der Waals surface area contributed by atoms with Crippen LogP contribution in [-0.4, -0.2) is 91.9 Å².